The topological polar surface area (TPSA) is 78.9 Å². The van der Waals surface area contributed by atoms with Crippen LogP contribution in [-0.4, -0.2) is 37.2 Å². The van der Waals surface area contributed by atoms with Gasteiger partial charge >= 0.3 is 17.9 Å². The first-order chi connectivity index (χ1) is 34.0. The summed E-state index contributed by atoms with van der Waals surface area (Å²) in [7, 11) is 0. The van der Waals surface area contributed by atoms with E-state index in [2.05, 4.69) is 93.7 Å². The lowest BCUT2D eigenvalue weighted by Crippen LogP contribution is -2.30. The van der Waals surface area contributed by atoms with Crippen molar-refractivity contribution in [2.75, 3.05) is 13.2 Å². The number of allylic oxidation sites excluding steroid dienone is 12. The first-order valence-electron chi connectivity index (χ1n) is 29.4. The molecule has 6 heteroatoms. The van der Waals surface area contributed by atoms with Crippen LogP contribution in [0, 0.1) is 0 Å². The van der Waals surface area contributed by atoms with Crippen LogP contribution in [0.2, 0.25) is 0 Å². The van der Waals surface area contributed by atoms with Crippen LogP contribution in [0.1, 0.15) is 290 Å². The van der Waals surface area contributed by atoms with E-state index in [1.54, 1.807) is 0 Å². The summed E-state index contributed by atoms with van der Waals surface area (Å²) < 4.78 is 16.9. The second kappa shape index (κ2) is 57.4. The van der Waals surface area contributed by atoms with Gasteiger partial charge in [0.15, 0.2) is 6.10 Å². The van der Waals surface area contributed by atoms with Gasteiger partial charge in [-0.05, 0) is 70.6 Å². The number of esters is 3. The van der Waals surface area contributed by atoms with Crippen molar-refractivity contribution in [3.05, 3.63) is 72.9 Å². The number of hydrogen-bond donors (Lipinski definition) is 0. The molecule has 0 N–H and O–H groups in total. The van der Waals surface area contributed by atoms with Crippen molar-refractivity contribution < 1.29 is 28.6 Å². The van der Waals surface area contributed by atoms with Gasteiger partial charge in [-0.1, -0.05) is 273 Å². The van der Waals surface area contributed by atoms with Crippen molar-refractivity contribution in [3.8, 4) is 0 Å². The third kappa shape index (κ3) is 55.6. The Morgan fingerprint density at radius 3 is 0.884 bits per heavy atom. The lowest BCUT2D eigenvalue weighted by molar-refractivity contribution is -0.167. The summed E-state index contributed by atoms with van der Waals surface area (Å²) in [6.45, 7) is 6.52. The molecule has 1 unspecified atom stereocenters. The minimum absolute atomic E-state index is 0.0852. The smallest absolute Gasteiger partial charge is 0.306 e. The summed E-state index contributed by atoms with van der Waals surface area (Å²) in [5, 5.41) is 0. The van der Waals surface area contributed by atoms with Crippen LogP contribution in [0.25, 0.3) is 0 Å². The van der Waals surface area contributed by atoms with E-state index in [1.807, 2.05) is 0 Å². The van der Waals surface area contributed by atoms with Crippen LogP contribution in [0.3, 0.4) is 0 Å². The molecule has 0 aromatic rings. The molecular formula is C63H110O6. The Balaban J connectivity index is 4.43. The molecule has 0 radical (unpaired) electrons. The third-order valence-corrected chi connectivity index (χ3v) is 12.7. The van der Waals surface area contributed by atoms with Gasteiger partial charge in [0.1, 0.15) is 13.2 Å². The van der Waals surface area contributed by atoms with Crippen molar-refractivity contribution >= 4 is 17.9 Å². The minimum atomic E-state index is -0.790. The van der Waals surface area contributed by atoms with Gasteiger partial charge in [-0.25, -0.2) is 0 Å². The highest BCUT2D eigenvalue weighted by Gasteiger charge is 2.19. The summed E-state index contributed by atoms with van der Waals surface area (Å²) in [6, 6.07) is 0. The summed E-state index contributed by atoms with van der Waals surface area (Å²) in [4.78, 5) is 38.2. The quantitative estimate of drug-likeness (QED) is 0.0262. The van der Waals surface area contributed by atoms with E-state index in [0.717, 1.165) is 96.3 Å². The zero-order valence-electron chi connectivity index (χ0n) is 45.6. The van der Waals surface area contributed by atoms with E-state index in [1.165, 1.54) is 154 Å². The second-order valence-electron chi connectivity index (χ2n) is 19.5. The monoisotopic (exact) mass is 963 g/mol. The molecule has 0 aliphatic heterocycles. The molecule has 0 rings (SSSR count). The number of carbonyl (C=O) groups excluding carboxylic acids is 3. The molecule has 0 aromatic carbocycles. The van der Waals surface area contributed by atoms with E-state index >= 15 is 0 Å². The van der Waals surface area contributed by atoms with Gasteiger partial charge in [-0.2, -0.15) is 0 Å². The zero-order valence-corrected chi connectivity index (χ0v) is 45.6. The van der Waals surface area contributed by atoms with Gasteiger partial charge in [0.05, 0.1) is 0 Å². The lowest BCUT2D eigenvalue weighted by atomic mass is 10.0. The molecule has 0 heterocycles. The van der Waals surface area contributed by atoms with Gasteiger partial charge in [-0.3, -0.25) is 14.4 Å². The van der Waals surface area contributed by atoms with Crippen LogP contribution < -0.4 is 0 Å². The van der Waals surface area contributed by atoms with Crippen molar-refractivity contribution in [2.24, 2.45) is 0 Å². The highest BCUT2D eigenvalue weighted by molar-refractivity contribution is 5.71. The molecule has 0 saturated heterocycles. The predicted molar refractivity (Wildman–Crippen MR) is 298 cm³/mol. The number of hydrogen-bond acceptors (Lipinski definition) is 6. The van der Waals surface area contributed by atoms with Crippen molar-refractivity contribution in [1.29, 1.82) is 0 Å². The predicted octanol–water partition coefficient (Wildman–Crippen LogP) is 19.8. The summed E-state index contributed by atoms with van der Waals surface area (Å²) >= 11 is 0. The molecule has 0 aromatic heterocycles. The molecule has 0 aliphatic carbocycles. The highest BCUT2D eigenvalue weighted by atomic mass is 16.6. The Kier molecular flexibility index (Phi) is 54.8. The molecule has 0 fully saturated rings. The average Bonchev–Trinajstić information content (AvgIpc) is 3.35. The highest BCUT2D eigenvalue weighted by Crippen LogP contribution is 2.16. The molecule has 0 bridgehead atoms. The summed E-state index contributed by atoms with van der Waals surface area (Å²) in [6.07, 6.45) is 73.2. The van der Waals surface area contributed by atoms with Crippen LogP contribution in [0.5, 0.6) is 0 Å². The third-order valence-electron chi connectivity index (χ3n) is 12.7. The number of unbranched alkanes of at least 4 members (excludes halogenated alkanes) is 30. The second-order valence-corrected chi connectivity index (χ2v) is 19.5. The summed E-state index contributed by atoms with van der Waals surface area (Å²) in [5.41, 5.74) is 0. The maximum absolute atomic E-state index is 12.9. The normalized spacial score (nSPS) is 12.6. The van der Waals surface area contributed by atoms with E-state index in [4.69, 9.17) is 14.2 Å². The van der Waals surface area contributed by atoms with E-state index in [9.17, 15) is 14.4 Å². The SMILES string of the molecule is CC/C=C\C/C=C\C/C=C\C/C=C\C/C=C\C/C=C\CCCCC(=O)OCC(COC(=O)CCCCCCCCCCCCCCCCC)OC(=O)CCCCCCCCCCCCCCCCC. The van der Waals surface area contributed by atoms with Gasteiger partial charge < -0.3 is 14.2 Å². The molecule has 0 saturated carbocycles. The Bertz CT molecular complexity index is 1290. The van der Waals surface area contributed by atoms with Crippen LogP contribution in [-0.2, 0) is 28.6 Å². The van der Waals surface area contributed by atoms with Crippen LogP contribution >= 0.6 is 0 Å². The molecule has 0 amide bonds. The molecule has 0 aliphatic rings. The van der Waals surface area contributed by atoms with Crippen LogP contribution in [0.4, 0.5) is 0 Å². The zero-order chi connectivity index (χ0) is 50.0. The molecule has 398 valence electrons. The Hall–Kier alpha value is -3.15. The molecule has 1 atom stereocenters. The Morgan fingerprint density at radius 1 is 0.304 bits per heavy atom. The van der Waals surface area contributed by atoms with Crippen LogP contribution in [0.15, 0.2) is 72.9 Å². The fraction of sp³-hybridized carbons (Fsp3) is 0.762. The van der Waals surface area contributed by atoms with Gasteiger partial charge in [0.2, 0.25) is 0 Å². The van der Waals surface area contributed by atoms with Crippen molar-refractivity contribution in [2.45, 2.75) is 297 Å². The van der Waals surface area contributed by atoms with Crippen molar-refractivity contribution in [1.82, 2.24) is 0 Å². The largest absolute Gasteiger partial charge is 0.462 e. The molecule has 6 nitrogen and oxygen atoms in total. The minimum Gasteiger partial charge on any atom is -0.462 e. The van der Waals surface area contributed by atoms with Gasteiger partial charge in [0.25, 0.3) is 0 Å². The summed E-state index contributed by atoms with van der Waals surface area (Å²) in [5.74, 6) is -0.917. The fourth-order valence-electron chi connectivity index (χ4n) is 8.33. The standard InChI is InChI=1S/C63H110O6/c1-4-7-10-13-16-19-22-25-28-29-30-31-32-33-36-38-41-44-47-50-53-56-62(65)68-59-60(69-63(66)57-54-51-48-45-42-39-35-27-24-21-18-15-12-9-6-3)58-67-61(64)55-52-49-46-43-40-37-34-26-23-20-17-14-11-8-5-2/h7,10,16,19,25,28,30-31,33,36,41,44,60H,4-6,8-9,11-15,17-18,20-24,26-27,29,32,34-35,37-40,42-43,45-59H2,1-3H3/b10-7-,19-16-,28-25-,31-30-,36-33-,44-41-. The maximum Gasteiger partial charge on any atom is 0.306 e. The number of carbonyl (C=O) groups is 3. The first kappa shape index (κ1) is 65.8. The fourth-order valence-corrected chi connectivity index (χ4v) is 8.33. The Labute approximate surface area is 427 Å². The first-order valence-corrected chi connectivity index (χ1v) is 29.4. The average molecular weight is 964 g/mol. The van der Waals surface area contributed by atoms with Gasteiger partial charge in [-0.15, -0.1) is 0 Å². The van der Waals surface area contributed by atoms with Gasteiger partial charge in [0, 0.05) is 19.3 Å². The Morgan fingerprint density at radius 2 is 0.565 bits per heavy atom. The molecular weight excluding hydrogens is 853 g/mol. The lowest BCUT2D eigenvalue weighted by Gasteiger charge is -2.18. The maximum atomic E-state index is 12.9. The molecule has 0 spiro atoms. The van der Waals surface area contributed by atoms with E-state index in [0.29, 0.717) is 19.3 Å². The van der Waals surface area contributed by atoms with E-state index < -0.39 is 6.10 Å². The van der Waals surface area contributed by atoms with Crippen molar-refractivity contribution in [3.63, 3.8) is 0 Å². The molecule has 69 heavy (non-hydrogen) atoms. The number of ether oxygens (including phenoxy) is 3. The van der Waals surface area contributed by atoms with E-state index in [-0.39, 0.29) is 31.1 Å². The number of rotatable bonds is 53.